The van der Waals surface area contributed by atoms with Crippen molar-refractivity contribution in [3.63, 3.8) is 0 Å². The van der Waals surface area contributed by atoms with E-state index in [1.807, 2.05) is 37.9 Å². The van der Waals surface area contributed by atoms with Gasteiger partial charge >= 0.3 is 0 Å². The van der Waals surface area contributed by atoms with Crippen LogP contribution in [0.4, 0.5) is 21.5 Å². The number of benzene rings is 2. The van der Waals surface area contributed by atoms with Gasteiger partial charge in [-0.2, -0.15) is 0 Å². The van der Waals surface area contributed by atoms with Crippen LogP contribution >= 0.6 is 15.9 Å². The van der Waals surface area contributed by atoms with E-state index in [2.05, 4.69) is 22.0 Å². The normalized spacial score (nSPS) is 10.6. The number of anilines is 3. The SMILES string of the molecule is Cc1ccc(N(C)c2cc(F)c(Br)cc2N)c(C)c1. The quantitative estimate of drug-likeness (QED) is 0.821. The third kappa shape index (κ3) is 2.73. The first kappa shape index (κ1) is 13.9. The number of aryl methyl sites for hydroxylation is 2. The summed E-state index contributed by atoms with van der Waals surface area (Å²) >= 11 is 3.14. The Morgan fingerprint density at radius 1 is 1.11 bits per heavy atom. The van der Waals surface area contributed by atoms with Gasteiger partial charge in [0.1, 0.15) is 5.82 Å². The van der Waals surface area contributed by atoms with Crippen LogP contribution in [0.2, 0.25) is 0 Å². The minimum atomic E-state index is -0.319. The van der Waals surface area contributed by atoms with Crippen molar-refractivity contribution < 1.29 is 4.39 Å². The van der Waals surface area contributed by atoms with Crippen molar-refractivity contribution in [3.05, 3.63) is 51.7 Å². The van der Waals surface area contributed by atoms with Crippen molar-refractivity contribution in [2.45, 2.75) is 13.8 Å². The Morgan fingerprint density at radius 3 is 2.42 bits per heavy atom. The van der Waals surface area contributed by atoms with Crippen LogP contribution in [-0.2, 0) is 0 Å². The van der Waals surface area contributed by atoms with E-state index in [1.165, 1.54) is 11.6 Å². The molecular formula is C15H16BrFN2. The van der Waals surface area contributed by atoms with Crippen LogP contribution in [-0.4, -0.2) is 7.05 Å². The molecule has 0 aliphatic heterocycles. The van der Waals surface area contributed by atoms with E-state index < -0.39 is 0 Å². The van der Waals surface area contributed by atoms with Crippen molar-refractivity contribution in [2.75, 3.05) is 17.7 Å². The zero-order chi connectivity index (χ0) is 14.2. The lowest BCUT2D eigenvalue weighted by molar-refractivity contribution is 0.621. The molecule has 2 N–H and O–H groups in total. The average molecular weight is 323 g/mol. The molecule has 0 spiro atoms. The monoisotopic (exact) mass is 322 g/mol. The van der Waals surface area contributed by atoms with Gasteiger partial charge in [0.15, 0.2) is 0 Å². The number of nitrogens with zero attached hydrogens (tertiary/aromatic N) is 1. The molecule has 0 heterocycles. The predicted octanol–water partition coefficient (Wildman–Crippen LogP) is 4.56. The lowest BCUT2D eigenvalue weighted by Gasteiger charge is -2.23. The highest BCUT2D eigenvalue weighted by atomic mass is 79.9. The Balaban J connectivity index is 2.49. The fourth-order valence-corrected chi connectivity index (χ4v) is 2.51. The van der Waals surface area contributed by atoms with Crippen molar-refractivity contribution in [3.8, 4) is 0 Å². The van der Waals surface area contributed by atoms with E-state index in [1.54, 1.807) is 6.07 Å². The first-order chi connectivity index (χ1) is 8.90. The van der Waals surface area contributed by atoms with Gasteiger partial charge in [-0.05, 0) is 47.5 Å². The minimum Gasteiger partial charge on any atom is -0.397 e. The minimum absolute atomic E-state index is 0.319. The molecule has 2 rings (SSSR count). The highest BCUT2D eigenvalue weighted by Gasteiger charge is 2.13. The molecule has 0 amide bonds. The van der Waals surface area contributed by atoms with Gasteiger partial charge in [0.05, 0.1) is 15.8 Å². The Kier molecular flexibility index (Phi) is 3.80. The molecular weight excluding hydrogens is 307 g/mol. The molecule has 0 aromatic heterocycles. The van der Waals surface area contributed by atoms with Gasteiger partial charge in [0, 0.05) is 18.8 Å². The second-order valence-electron chi connectivity index (χ2n) is 4.67. The average Bonchev–Trinajstić information content (AvgIpc) is 2.33. The van der Waals surface area contributed by atoms with E-state index in [0.717, 1.165) is 11.3 Å². The van der Waals surface area contributed by atoms with Crippen LogP contribution in [0.25, 0.3) is 0 Å². The number of rotatable bonds is 2. The van der Waals surface area contributed by atoms with Crippen molar-refractivity contribution in [1.29, 1.82) is 0 Å². The first-order valence-electron chi connectivity index (χ1n) is 5.95. The molecule has 100 valence electrons. The van der Waals surface area contributed by atoms with Gasteiger partial charge in [-0.15, -0.1) is 0 Å². The molecule has 2 nitrogen and oxygen atoms in total. The Bertz CT molecular complexity index is 626. The van der Waals surface area contributed by atoms with E-state index in [0.29, 0.717) is 15.8 Å². The van der Waals surface area contributed by atoms with Gasteiger partial charge in [0.25, 0.3) is 0 Å². The van der Waals surface area contributed by atoms with Crippen LogP contribution in [0.5, 0.6) is 0 Å². The van der Waals surface area contributed by atoms with E-state index in [-0.39, 0.29) is 5.82 Å². The molecule has 0 unspecified atom stereocenters. The summed E-state index contributed by atoms with van der Waals surface area (Å²) in [6.45, 7) is 4.08. The lowest BCUT2D eigenvalue weighted by atomic mass is 10.1. The number of nitrogens with two attached hydrogens (primary N) is 1. The molecule has 0 aliphatic rings. The number of hydrogen-bond donors (Lipinski definition) is 1. The summed E-state index contributed by atoms with van der Waals surface area (Å²) in [5.41, 5.74) is 10.5. The maximum Gasteiger partial charge on any atom is 0.139 e. The summed E-state index contributed by atoms with van der Waals surface area (Å²) in [6.07, 6.45) is 0. The second kappa shape index (κ2) is 5.21. The van der Waals surface area contributed by atoms with Crippen molar-refractivity contribution >= 4 is 33.0 Å². The predicted molar refractivity (Wildman–Crippen MR) is 82.5 cm³/mol. The van der Waals surface area contributed by atoms with Crippen LogP contribution in [0.3, 0.4) is 0 Å². The van der Waals surface area contributed by atoms with E-state index in [4.69, 9.17) is 5.73 Å². The third-order valence-electron chi connectivity index (χ3n) is 3.14. The maximum absolute atomic E-state index is 13.7. The summed E-state index contributed by atoms with van der Waals surface area (Å²) in [7, 11) is 1.89. The third-order valence-corrected chi connectivity index (χ3v) is 3.75. The van der Waals surface area contributed by atoms with Gasteiger partial charge in [-0.25, -0.2) is 4.39 Å². The van der Waals surface area contributed by atoms with E-state index >= 15 is 0 Å². The molecule has 19 heavy (non-hydrogen) atoms. The van der Waals surface area contributed by atoms with Gasteiger partial charge in [0.2, 0.25) is 0 Å². The Morgan fingerprint density at radius 2 is 1.79 bits per heavy atom. The fraction of sp³-hybridized carbons (Fsp3) is 0.200. The molecule has 0 saturated carbocycles. The van der Waals surface area contributed by atoms with Crippen molar-refractivity contribution in [2.24, 2.45) is 0 Å². The molecule has 0 aliphatic carbocycles. The van der Waals surface area contributed by atoms with Crippen LogP contribution in [0.1, 0.15) is 11.1 Å². The summed E-state index contributed by atoms with van der Waals surface area (Å²) in [6, 6.07) is 9.18. The highest BCUT2D eigenvalue weighted by molar-refractivity contribution is 9.10. The number of halogens is 2. The standard InChI is InChI=1S/C15H16BrFN2/c1-9-4-5-14(10(2)6-9)19(3)15-8-12(17)11(16)7-13(15)18/h4-8H,18H2,1-3H3. The van der Waals surface area contributed by atoms with Gasteiger partial charge in [-0.1, -0.05) is 17.7 Å². The Hall–Kier alpha value is -1.55. The fourth-order valence-electron chi connectivity index (χ4n) is 2.15. The summed E-state index contributed by atoms with van der Waals surface area (Å²) in [4.78, 5) is 1.90. The Labute approximate surface area is 121 Å². The molecule has 2 aromatic rings. The van der Waals surface area contributed by atoms with Crippen LogP contribution in [0, 0.1) is 19.7 Å². The van der Waals surface area contributed by atoms with E-state index in [9.17, 15) is 4.39 Å². The number of hydrogen-bond acceptors (Lipinski definition) is 2. The zero-order valence-corrected chi connectivity index (χ0v) is 12.8. The van der Waals surface area contributed by atoms with Gasteiger partial charge in [-0.3, -0.25) is 0 Å². The summed E-state index contributed by atoms with van der Waals surface area (Å²) in [5.74, 6) is -0.319. The van der Waals surface area contributed by atoms with Crippen LogP contribution in [0.15, 0.2) is 34.8 Å². The molecule has 0 fully saturated rings. The molecule has 0 atom stereocenters. The highest BCUT2D eigenvalue weighted by Crippen LogP contribution is 2.34. The molecule has 2 aromatic carbocycles. The largest absolute Gasteiger partial charge is 0.397 e. The summed E-state index contributed by atoms with van der Waals surface area (Å²) < 4.78 is 14.0. The second-order valence-corrected chi connectivity index (χ2v) is 5.53. The smallest absolute Gasteiger partial charge is 0.139 e. The topological polar surface area (TPSA) is 29.3 Å². The molecule has 0 saturated heterocycles. The van der Waals surface area contributed by atoms with Crippen molar-refractivity contribution in [1.82, 2.24) is 0 Å². The number of nitrogen functional groups attached to an aromatic ring is 1. The summed E-state index contributed by atoms with van der Waals surface area (Å²) in [5, 5.41) is 0. The maximum atomic E-state index is 13.7. The van der Waals surface area contributed by atoms with Gasteiger partial charge < -0.3 is 10.6 Å². The van der Waals surface area contributed by atoms with Crippen LogP contribution < -0.4 is 10.6 Å². The first-order valence-corrected chi connectivity index (χ1v) is 6.75. The molecule has 0 radical (unpaired) electrons. The molecule has 4 heteroatoms. The lowest BCUT2D eigenvalue weighted by Crippen LogP contribution is -2.13. The zero-order valence-electron chi connectivity index (χ0n) is 11.2. The molecule has 0 bridgehead atoms.